The topological polar surface area (TPSA) is 26.3 Å². The first-order valence-electron chi connectivity index (χ1n) is 6.02. The van der Waals surface area contributed by atoms with Crippen molar-refractivity contribution in [3.63, 3.8) is 0 Å². The van der Waals surface area contributed by atoms with Gasteiger partial charge in [0, 0.05) is 13.5 Å². The first kappa shape index (κ1) is 13.1. The molecule has 0 aromatic heterocycles. The first-order chi connectivity index (χ1) is 8.49. The number of halogens is 2. The van der Waals surface area contributed by atoms with Crippen LogP contribution in [0.25, 0.3) is 0 Å². The zero-order chi connectivity index (χ0) is 13.3. The number of carbonyl (C=O) groups excluding carboxylic acids is 1. The number of methoxy groups -OCH3 is 1. The second-order valence-corrected chi connectivity index (χ2v) is 4.89. The Kier molecular flexibility index (Phi) is 3.48. The minimum absolute atomic E-state index is 0.0425. The van der Waals surface area contributed by atoms with Gasteiger partial charge in [0.1, 0.15) is 11.6 Å². The fourth-order valence-corrected chi connectivity index (χ4v) is 2.32. The van der Waals surface area contributed by atoms with Crippen molar-refractivity contribution in [1.29, 1.82) is 0 Å². The average Bonchev–Trinajstić information content (AvgIpc) is 2.29. The van der Waals surface area contributed by atoms with Gasteiger partial charge in [-0.15, -0.1) is 0 Å². The molecular weight excluding hydrogens is 238 g/mol. The highest BCUT2D eigenvalue weighted by Crippen LogP contribution is 2.39. The third-order valence-corrected chi connectivity index (χ3v) is 3.74. The van der Waals surface area contributed by atoms with Crippen LogP contribution >= 0.6 is 0 Å². The highest BCUT2D eigenvalue weighted by Gasteiger charge is 2.40. The zero-order valence-corrected chi connectivity index (χ0v) is 10.6. The van der Waals surface area contributed by atoms with Crippen LogP contribution in [0.2, 0.25) is 0 Å². The predicted octanol–water partition coefficient (Wildman–Crippen LogP) is 3.42. The number of hydrogen-bond donors (Lipinski definition) is 0. The van der Waals surface area contributed by atoms with E-state index in [1.807, 2.05) is 0 Å². The molecule has 0 N–H and O–H groups in total. The molecule has 4 heteroatoms. The van der Waals surface area contributed by atoms with Crippen molar-refractivity contribution in [2.75, 3.05) is 7.11 Å². The fourth-order valence-electron chi connectivity index (χ4n) is 2.32. The van der Waals surface area contributed by atoms with Gasteiger partial charge in [-0.05, 0) is 37.8 Å². The number of aryl methyl sites for hydroxylation is 1. The molecule has 2 nitrogen and oxygen atoms in total. The quantitative estimate of drug-likeness (QED) is 0.770. The van der Waals surface area contributed by atoms with Gasteiger partial charge in [0.2, 0.25) is 0 Å². The average molecular weight is 254 g/mol. The molecule has 0 aliphatic heterocycles. The van der Waals surface area contributed by atoms with Gasteiger partial charge in [0.25, 0.3) is 0 Å². The van der Waals surface area contributed by atoms with E-state index in [1.165, 1.54) is 20.1 Å². The van der Waals surface area contributed by atoms with Gasteiger partial charge in [0.05, 0.1) is 11.2 Å². The van der Waals surface area contributed by atoms with Crippen molar-refractivity contribution >= 4 is 5.78 Å². The molecule has 1 aliphatic carbocycles. The Balaban J connectivity index is 2.26. The number of Topliss-reactive ketones (excluding diaryl/α,β-unsaturated/α-hetero) is 1. The van der Waals surface area contributed by atoms with Crippen molar-refractivity contribution < 1.29 is 18.3 Å². The van der Waals surface area contributed by atoms with E-state index in [-0.39, 0.29) is 12.0 Å². The van der Waals surface area contributed by atoms with Gasteiger partial charge in [-0.2, -0.15) is 0 Å². The molecule has 0 amide bonds. The Morgan fingerprint density at radius 3 is 2.56 bits per heavy atom. The van der Waals surface area contributed by atoms with Crippen LogP contribution in [0.5, 0.6) is 0 Å². The van der Waals surface area contributed by atoms with Crippen LogP contribution in [0.1, 0.15) is 41.6 Å². The van der Waals surface area contributed by atoms with Gasteiger partial charge >= 0.3 is 0 Å². The summed E-state index contributed by atoms with van der Waals surface area (Å²) in [4.78, 5) is 12.0. The molecule has 1 aromatic carbocycles. The largest absolute Gasteiger partial charge is 0.378 e. The summed E-state index contributed by atoms with van der Waals surface area (Å²) < 4.78 is 32.7. The minimum atomic E-state index is -0.798. The van der Waals surface area contributed by atoms with Gasteiger partial charge in [0.15, 0.2) is 5.78 Å². The van der Waals surface area contributed by atoms with Crippen molar-refractivity contribution in [2.45, 2.75) is 38.2 Å². The Labute approximate surface area is 105 Å². The van der Waals surface area contributed by atoms with Gasteiger partial charge in [-0.3, -0.25) is 4.79 Å². The van der Waals surface area contributed by atoms with Gasteiger partial charge in [-0.1, -0.05) is 6.07 Å². The summed E-state index contributed by atoms with van der Waals surface area (Å²) in [6.07, 6.45) is 2.56. The molecule has 0 spiro atoms. The van der Waals surface area contributed by atoms with Crippen molar-refractivity contribution in [1.82, 2.24) is 0 Å². The van der Waals surface area contributed by atoms with E-state index in [4.69, 9.17) is 4.74 Å². The number of ether oxygens (including phenoxy) is 1. The molecule has 0 saturated heterocycles. The molecule has 0 unspecified atom stereocenters. The first-order valence-corrected chi connectivity index (χ1v) is 6.02. The lowest BCUT2D eigenvalue weighted by atomic mass is 9.75. The Morgan fingerprint density at radius 1 is 1.39 bits per heavy atom. The molecule has 2 rings (SSSR count). The monoisotopic (exact) mass is 254 g/mol. The Hall–Kier alpha value is -1.29. The summed E-state index contributed by atoms with van der Waals surface area (Å²) in [5, 5.41) is 0. The molecule has 1 aromatic rings. The van der Waals surface area contributed by atoms with Crippen LogP contribution in [0.4, 0.5) is 8.78 Å². The summed E-state index contributed by atoms with van der Waals surface area (Å²) in [5.74, 6) is -2.07. The molecule has 98 valence electrons. The normalized spacial score (nSPS) is 17.3. The van der Waals surface area contributed by atoms with Crippen LogP contribution in [0.3, 0.4) is 0 Å². The van der Waals surface area contributed by atoms with Crippen LogP contribution in [-0.4, -0.2) is 18.5 Å². The number of rotatable bonds is 4. The molecule has 0 bridgehead atoms. The third kappa shape index (κ3) is 2.17. The van der Waals surface area contributed by atoms with Crippen molar-refractivity contribution in [3.8, 4) is 0 Å². The SMILES string of the molecule is COC1(CC(=O)c2c(F)ccc(C)c2F)CCC1. The van der Waals surface area contributed by atoms with Crippen molar-refractivity contribution in [2.24, 2.45) is 0 Å². The highest BCUT2D eigenvalue weighted by molar-refractivity contribution is 5.97. The Bertz CT molecular complexity index is 473. The van der Waals surface area contributed by atoms with E-state index >= 15 is 0 Å². The number of carbonyl (C=O) groups is 1. The molecular formula is C14H16F2O2. The lowest BCUT2D eigenvalue weighted by molar-refractivity contribution is -0.0705. The van der Waals surface area contributed by atoms with Crippen LogP contribution in [-0.2, 0) is 4.74 Å². The van der Waals surface area contributed by atoms with E-state index in [1.54, 1.807) is 0 Å². The molecule has 1 aliphatic rings. The van der Waals surface area contributed by atoms with Gasteiger partial charge in [-0.25, -0.2) is 8.78 Å². The summed E-state index contributed by atoms with van der Waals surface area (Å²) >= 11 is 0. The maximum Gasteiger partial charge on any atom is 0.171 e. The van der Waals surface area contributed by atoms with E-state index in [2.05, 4.69) is 0 Å². The van der Waals surface area contributed by atoms with E-state index < -0.39 is 28.6 Å². The highest BCUT2D eigenvalue weighted by atomic mass is 19.1. The fraction of sp³-hybridized carbons (Fsp3) is 0.500. The Morgan fingerprint density at radius 2 is 2.06 bits per heavy atom. The van der Waals surface area contributed by atoms with Crippen molar-refractivity contribution in [3.05, 3.63) is 34.9 Å². The van der Waals surface area contributed by atoms with E-state index in [0.717, 1.165) is 25.3 Å². The summed E-state index contributed by atoms with van der Waals surface area (Å²) in [7, 11) is 1.54. The molecule has 1 saturated carbocycles. The van der Waals surface area contributed by atoms with Crippen LogP contribution < -0.4 is 0 Å². The smallest absolute Gasteiger partial charge is 0.171 e. The zero-order valence-electron chi connectivity index (χ0n) is 10.6. The lowest BCUT2D eigenvalue weighted by Gasteiger charge is -2.40. The number of benzene rings is 1. The van der Waals surface area contributed by atoms with E-state index in [0.29, 0.717) is 0 Å². The molecule has 0 atom stereocenters. The summed E-state index contributed by atoms with van der Waals surface area (Å²) in [5.41, 5.74) is -0.669. The number of ketones is 1. The maximum atomic E-state index is 13.8. The van der Waals surface area contributed by atoms with Crippen LogP contribution in [0.15, 0.2) is 12.1 Å². The minimum Gasteiger partial charge on any atom is -0.378 e. The third-order valence-electron chi connectivity index (χ3n) is 3.74. The predicted molar refractivity (Wildman–Crippen MR) is 63.6 cm³/mol. The van der Waals surface area contributed by atoms with Crippen LogP contribution in [0, 0.1) is 18.6 Å². The maximum absolute atomic E-state index is 13.8. The second-order valence-electron chi connectivity index (χ2n) is 4.89. The molecule has 18 heavy (non-hydrogen) atoms. The molecule has 0 heterocycles. The lowest BCUT2D eigenvalue weighted by Crippen LogP contribution is -2.41. The second kappa shape index (κ2) is 4.76. The molecule has 1 fully saturated rings. The number of hydrogen-bond acceptors (Lipinski definition) is 2. The molecule has 0 radical (unpaired) electrons. The van der Waals surface area contributed by atoms with Gasteiger partial charge < -0.3 is 4.74 Å². The summed E-state index contributed by atoms with van der Waals surface area (Å²) in [6.45, 7) is 1.51. The standard InChI is InChI=1S/C14H16F2O2/c1-9-4-5-10(15)12(13(9)16)11(17)8-14(18-2)6-3-7-14/h4-5H,3,6-8H2,1-2H3. The van der Waals surface area contributed by atoms with E-state index in [9.17, 15) is 13.6 Å². The summed E-state index contributed by atoms with van der Waals surface area (Å²) in [6, 6.07) is 2.46.